The van der Waals surface area contributed by atoms with Crippen LogP contribution in [0.15, 0.2) is 42.5 Å². The van der Waals surface area contributed by atoms with Gasteiger partial charge >= 0.3 is 0 Å². The maximum atomic E-state index is 6.25. The molecule has 0 bridgehead atoms. The zero-order valence-corrected chi connectivity index (χ0v) is 16.7. The van der Waals surface area contributed by atoms with Crippen LogP contribution in [0, 0.1) is 0 Å². The van der Waals surface area contributed by atoms with Crippen molar-refractivity contribution in [1.29, 1.82) is 0 Å². The smallest absolute Gasteiger partial charge is 0.0837 e. The number of nitrogens with two attached hydrogens (primary N) is 1. The molecule has 4 rings (SSSR count). The highest BCUT2D eigenvalue weighted by molar-refractivity contribution is 7.80. The molecule has 0 saturated carbocycles. The van der Waals surface area contributed by atoms with Crippen LogP contribution in [-0.4, -0.2) is 42.7 Å². The second-order valence-electron chi connectivity index (χ2n) is 7.14. The van der Waals surface area contributed by atoms with Gasteiger partial charge in [0, 0.05) is 35.3 Å². The lowest BCUT2D eigenvalue weighted by Crippen LogP contribution is -2.41. The maximum Gasteiger partial charge on any atom is 0.0837 e. The molecule has 2 aromatic rings. The molecule has 2 aliphatic heterocycles. The first-order valence-corrected chi connectivity index (χ1v) is 10.2. The highest BCUT2D eigenvalue weighted by Crippen LogP contribution is 2.39. The topological polar surface area (TPSA) is 50.5 Å². The zero-order valence-electron chi connectivity index (χ0n) is 15.2. The fourth-order valence-corrected chi connectivity index (χ4v) is 4.56. The lowest BCUT2D eigenvalue weighted by atomic mass is 9.82. The van der Waals surface area contributed by atoms with E-state index in [2.05, 4.69) is 34.5 Å². The van der Waals surface area contributed by atoms with Crippen LogP contribution in [0.4, 0.5) is 5.69 Å². The SMILES string of the molecule is Nc1ccc(Cl)cc1C1NC(=S)C(CCN2CCOCC2)c2ccccc21. The van der Waals surface area contributed by atoms with Crippen LogP contribution in [0.3, 0.4) is 0 Å². The highest BCUT2D eigenvalue weighted by Gasteiger charge is 2.32. The van der Waals surface area contributed by atoms with Gasteiger partial charge in [0.05, 0.1) is 24.2 Å². The van der Waals surface area contributed by atoms with Gasteiger partial charge in [0.1, 0.15) is 0 Å². The average Bonchev–Trinajstić information content (AvgIpc) is 2.69. The number of hydrogen-bond donors (Lipinski definition) is 2. The molecule has 2 aromatic carbocycles. The summed E-state index contributed by atoms with van der Waals surface area (Å²) in [5.41, 5.74) is 10.5. The van der Waals surface area contributed by atoms with Gasteiger partial charge in [-0.25, -0.2) is 0 Å². The Morgan fingerprint density at radius 2 is 1.85 bits per heavy atom. The number of ether oxygens (including phenoxy) is 1. The molecule has 0 amide bonds. The first kappa shape index (κ1) is 18.7. The molecule has 0 spiro atoms. The molecule has 3 N–H and O–H groups in total. The molecule has 6 heteroatoms. The number of halogens is 1. The molecule has 4 nitrogen and oxygen atoms in total. The summed E-state index contributed by atoms with van der Waals surface area (Å²) in [5.74, 6) is 0.218. The van der Waals surface area contributed by atoms with Gasteiger partial charge in [0.15, 0.2) is 0 Å². The van der Waals surface area contributed by atoms with Gasteiger partial charge in [-0.3, -0.25) is 4.90 Å². The molecule has 2 heterocycles. The van der Waals surface area contributed by atoms with E-state index in [9.17, 15) is 0 Å². The first-order chi connectivity index (χ1) is 13.1. The van der Waals surface area contributed by atoms with Crippen molar-refractivity contribution in [2.75, 3.05) is 38.6 Å². The van der Waals surface area contributed by atoms with Gasteiger partial charge in [-0.15, -0.1) is 0 Å². The lowest BCUT2D eigenvalue weighted by Gasteiger charge is -2.36. The minimum Gasteiger partial charge on any atom is -0.398 e. The predicted molar refractivity (Wildman–Crippen MR) is 115 cm³/mol. The van der Waals surface area contributed by atoms with E-state index in [0.29, 0.717) is 5.02 Å². The summed E-state index contributed by atoms with van der Waals surface area (Å²) in [5, 5.41) is 4.22. The van der Waals surface area contributed by atoms with Crippen molar-refractivity contribution in [3.8, 4) is 0 Å². The van der Waals surface area contributed by atoms with Gasteiger partial charge in [-0.05, 0) is 42.3 Å². The van der Waals surface area contributed by atoms with Crippen LogP contribution in [-0.2, 0) is 4.74 Å². The number of nitrogens with one attached hydrogen (secondary N) is 1. The van der Waals surface area contributed by atoms with Gasteiger partial charge < -0.3 is 15.8 Å². The van der Waals surface area contributed by atoms with E-state index in [1.54, 1.807) is 0 Å². The molecule has 2 unspecified atom stereocenters. The number of nitrogens with zero attached hydrogens (tertiary/aromatic N) is 1. The molecule has 0 aromatic heterocycles. The summed E-state index contributed by atoms with van der Waals surface area (Å²) < 4.78 is 5.45. The Hall–Kier alpha value is -1.66. The first-order valence-electron chi connectivity index (χ1n) is 9.37. The van der Waals surface area contributed by atoms with E-state index in [1.165, 1.54) is 11.1 Å². The molecule has 27 heavy (non-hydrogen) atoms. The minimum absolute atomic E-state index is 0.0629. The standard InChI is InChI=1S/C21H24ClN3OS/c22-14-5-6-19(23)18(13-14)20-16-4-2-1-3-15(16)17(21(27)24-20)7-8-25-9-11-26-12-10-25/h1-6,13,17,20H,7-12,23H2,(H,24,27). The summed E-state index contributed by atoms with van der Waals surface area (Å²) in [6.07, 6.45) is 1.00. The number of morpholine rings is 1. The molecular formula is C21H24ClN3OS. The van der Waals surface area contributed by atoms with Crippen LogP contribution in [0.25, 0.3) is 0 Å². The lowest BCUT2D eigenvalue weighted by molar-refractivity contribution is 0.0371. The molecule has 2 aliphatic rings. The summed E-state index contributed by atoms with van der Waals surface area (Å²) in [6, 6.07) is 14.1. The van der Waals surface area contributed by atoms with Crippen molar-refractivity contribution < 1.29 is 4.74 Å². The van der Waals surface area contributed by atoms with E-state index in [1.807, 2.05) is 18.2 Å². The number of nitrogen functional groups attached to an aromatic ring is 1. The fourth-order valence-electron chi connectivity index (χ4n) is 4.02. The quantitative estimate of drug-likeness (QED) is 0.603. The molecule has 1 fully saturated rings. The number of benzene rings is 2. The Morgan fingerprint density at radius 1 is 1.11 bits per heavy atom. The number of fused-ring (bicyclic) bond motifs is 1. The third-order valence-corrected chi connectivity index (χ3v) is 6.12. The second-order valence-corrected chi connectivity index (χ2v) is 8.02. The van der Waals surface area contributed by atoms with Gasteiger partial charge in [-0.2, -0.15) is 0 Å². The van der Waals surface area contributed by atoms with Gasteiger partial charge in [-0.1, -0.05) is 48.1 Å². The van der Waals surface area contributed by atoms with Crippen LogP contribution >= 0.6 is 23.8 Å². The normalized spacial score (nSPS) is 22.9. The number of hydrogen-bond acceptors (Lipinski definition) is 4. The Kier molecular flexibility index (Phi) is 5.64. The van der Waals surface area contributed by atoms with E-state index in [4.69, 9.17) is 34.3 Å². The number of anilines is 1. The third-order valence-electron chi connectivity index (χ3n) is 5.48. The van der Waals surface area contributed by atoms with E-state index in [0.717, 1.165) is 55.5 Å². The predicted octanol–water partition coefficient (Wildman–Crippen LogP) is 3.75. The molecular weight excluding hydrogens is 378 g/mol. The molecule has 2 atom stereocenters. The van der Waals surface area contributed by atoms with Crippen LogP contribution in [0.1, 0.15) is 35.1 Å². The van der Waals surface area contributed by atoms with Crippen LogP contribution in [0.2, 0.25) is 5.02 Å². The Balaban J connectivity index is 1.62. The minimum atomic E-state index is -0.0629. The number of rotatable bonds is 4. The largest absolute Gasteiger partial charge is 0.398 e. The zero-order chi connectivity index (χ0) is 18.8. The van der Waals surface area contributed by atoms with Crippen molar-refractivity contribution in [3.63, 3.8) is 0 Å². The second kappa shape index (κ2) is 8.15. The van der Waals surface area contributed by atoms with Crippen LogP contribution < -0.4 is 11.1 Å². The summed E-state index contributed by atoms with van der Waals surface area (Å²) in [6.45, 7) is 4.65. The van der Waals surface area contributed by atoms with Crippen molar-refractivity contribution in [3.05, 3.63) is 64.2 Å². The molecule has 1 saturated heterocycles. The van der Waals surface area contributed by atoms with E-state index in [-0.39, 0.29) is 12.0 Å². The Bertz CT molecular complexity index is 838. The fraction of sp³-hybridized carbons (Fsp3) is 0.381. The Labute approximate surface area is 170 Å². The van der Waals surface area contributed by atoms with Crippen molar-refractivity contribution >= 4 is 34.5 Å². The molecule has 0 radical (unpaired) electrons. The summed E-state index contributed by atoms with van der Waals surface area (Å²) in [4.78, 5) is 3.34. The van der Waals surface area contributed by atoms with Crippen molar-refractivity contribution in [1.82, 2.24) is 10.2 Å². The molecule has 142 valence electrons. The van der Waals surface area contributed by atoms with Crippen LogP contribution in [0.5, 0.6) is 0 Å². The van der Waals surface area contributed by atoms with Crippen molar-refractivity contribution in [2.45, 2.75) is 18.4 Å². The highest BCUT2D eigenvalue weighted by atomic mass is 35.5. The third kappa shape index (κ3) is 3.97. The maximum absolute atomic E-state index is 6.25. The monoisotopic (exact) mass is 401 g/mol. The van der Waals surface area contributed by atoms with Gasteiger partial charge in [0.25, 0.3) is 0 Å². The Morgan fingerprint density at radius 3 is 2.63 bits per heavy atom. The summed E-state index contributed by atoms with van der Waals surface area (Å²) >= 11 is 12.0. The number of thiocarbonyl (C=S) groups is 1. The van der Waals surface area contributed by atoms with Gasteiger partial charge in [0.2, 0.25) is 0 Å². The van der Waals surface area contributed by atoms with E-state index >= 15 is 0 Å². The molecule has 0 aliphatic carbocycles. The van der Waals surface area contributed by atoms with Crippen molar-refractivity contribution in [2.24, 2.45) is 0 Å². The summed E-state index contributed by atoms with van der Waals surface area (Å²) in [7, 11) is 0. The van der Waals surface area contributed by atoms with E-state index < -0.39 is 0 Å². The average molecular weight is 402 g/mol.